The molecule has 1 saturated heterocycles. The molecule has 3 heterocycles. The molecule has 3 aromatic carbocycles. The highest BCUT2D eigenvalue weighted by Gasteiger charge is 2.23. The van der Waals surface area contributed by atoms with E-state index in [-0.39, 0.29) is 24.6 Å². The fourth-order valence-electron chi connectivity index (χ4n) is 5.49. The van der Waals surface area contributed by atoms with Crippen molar-refractivity contribution >= 4 is 46.4 Å². The Morgan fingerprint density at radius 1 is 0.896 bits per heavy atom. The van der Waals surface area contributed by atoms with Crippen molar-refractivity contribution in [3.63, 3.8) is 0 Å². The predicted molar refractivity (Wildman–Crippen MR) is 184 cm³/mol. The molecule has 2 aliphatic rings. The van der Waals surface area contributed by atoms with Gasteiger partial charge in [0.1, 0.15) is 0 Å². The standard InChI is InChI=1S/C35H35Cl2N5O6/c1-22(15-34(43)42-13-11-41(12-14-42)20-23-3-8-29-32(16-23)47-21-46-29)39-25-5-9-30(31(18-25)45-2)48-33-10-6-26(19-38-33)40-35(44)24-4-7-27(36)28(37)17-24/h3-10,16-19,22,39H,11-15,20-21H2,1-2H3,(H,40,44). The third kappa shape index (κ3) is 8.22. The number of benzene rings is 3. The van der Waals surface area contributed by atoms with Gasteiger partial charge in [0.2, 0.25) is 18.6 Å². The molecule has 6 rings (SSSR count). The zero-order chi connectivity index (χ0) is 33.6. The summed E-state index contributed by atoms with van der Waals surface area (Å²) in [5.41, 5.74) is 2.81. The summed E-state index contributed by atoms with van der Waals surface area (Å²) in [5.74, 6) is 2.62. The summed E-state index contributed by atoms with van der Waals surface area (Å²) in [5, 5.41) is 6.83. The molecule has 2 amide bonds. The van der Waals surface area contributed by atoms with Crippen LogP contribution in [0.5, 0.6) is 28.9 Å². The van der Waals surface area contributed by atoms with Crippen LogP contribution in [0, 0.1) is 0 Å². The number of nitrogens with one attached hydrogen (secondary N) is 2. The number of carbonyl (C=O) groups excluding carboxylic acids is 2. The van der Waals surface area contributed by atoms with Crippen molar-refractivity contribution in [1.82, 2.24) is 14.8 Å². The fourth-order valence-corrected chi connectivity index (χ4v) is 5.79. The van der Waals surface area contributed by atoms with Crippen LogP contribution in [0.4, 0.5) is 11.4 Å². The van der Waals surface area contributed by atoms with Gasteiger partial charge in [-0.15, -0.1) is 0 Å². The zero-order valence-electron chi connectivity index (χ0n) is 26.5. The van der Waals surface area contributed by atoms with Crippen LogP contribution in [0.15, 0.2) is 72.9 Å². The van der Waals surface area contributed by atoms with Gasteiger partial charge in [-0.05, 0) is 61.0 Å². The average molecular weight is 693 g/mol. The lowest BCUT2D eigenvalue weighted by atomic mass is 10.1. The number of hydrogen-bond donors (Lipinski definition) is 2. The number of hydrogen-bond acceptors (Lipinski definition) is 9. The first-order valence-corrected chi connectivity index (χ1v) is 16.2. The first-order chi connectivity index (χ1) is 23.2. The van der Waals surface area contributed by atoms with Crippen molar-refractivity contribution < 1.29 is 28.5 Å². The van der Waals surface area contributed by atoms with Crippen LogP contribution in [0.25, 0.3) is 0 Å². The maximum Gasteiger partial charge on any atom is 0.255 e. The van der Waals surface area contributed by atoms with Crippen molar-refractivity contribution in [2.75, 3.05) is 50.7 Å². The second kappa shape index (κ2) is 15.0. The van der Waals surface area contributed by atoms with Gasteiger partial charge in [0.05, 0.1) is 29.0 Å². The van der Waals surface area contributed by atoms with Crippen LogP contribution >= 0.6 is 23.2 Å². The number of rotatable bonds is 11. The molecule has 1 fully saturated rings. The number of amides is 2. The Bertz CT molecular complexity index is 1780. The Morgan fingerprint density at radius 3 is 2.44 bits per heavy atom. The molecule has 1 atom stereocenters. The maximum atomic E-state index is 13.1. The van der Waals surface area contributed by atoms with Gasteiger partial charge in [-0.2, -0.15) is 0 Å². The predicted octanol–water partition coefficient (Wildman–Crippen LogP) is 6.71. The minimum atomic E-state index is -0.346. The van der Waals surface area contributed by atoms with E-state index in [1.165, 1.54) is 17.8 Å². The Kier molecular flexibility index (Phi) is 10.4. The normalized spacial score (nSPS) is 14.7. The molecule has 0 bridgehead atoms. The van der Waals surface area contributed by atoms with Gasteiger partial charge >= 0.3 is 0 Å². The summed E-state index contributed by atoms with van der Waals surface area (Å²) >= 11 is 12.0. The van der Waals surface area contributed by atoms with Gasteiger partial charge in [-0.1, -0.05) is 29.3 Å². The molecule has 13 heteroatoms. The average Bonchev–Trinajstić information content (AvgIpc) is 3.56. The second-order valence-corrected chi connectivity index (χ2v) is 12.3. The highest BCUT2D eigenvalue weighted by molar-refractivity contribution is 6.42. The molecule has 2 N–H and O–H groups in total. The number of methoxy groups -OCH3 is 1. The van der Waals surface area contributed by atoms with Crippen LogP contribution in [-0.4, -0.2) is 72.7 Å². The van der Waals surface area contributed by atoms with E-state index in [1.807, 2.05) is 36.1 Å². The molecule has 4 aromatic rings. The molecule has 250 valence electrons. The van der Waals surface area contributed by atoms with Gasteiger partial charge in [0, 0.05) is 68.6 Å². The molecule has 0 radical (unpaired) electrons. The van der Waals surface area contributed by atoms with Crippen molar-refractivity contribution in [3.05, 3.63) is 94.1 Å². The van der Waals surface area contributed by atoms with E-state index in [9.17, 15) is 9.59 Å². The van der Waals surface area contributed by atoms with E-state index >= 15 is 0 Å². The molecule has 0 spiro atoms. The van der Waals surface area contributed by atoms with Crippen molar-refractivity contribution in [3.8, 4) is 28.9 Å². The summed E-state index contributed by atoms with van der Waals surface area (Å²) in [6.45, 7) is 6.05. The monoisotopic (exact) mass is 691 g/mol. The maximum absolute atomic E-state index is 13.1. The lowest BCUT2D eigenvalue weighted by molar-refractivity contribution is -0.133. The van der Waals surface area contributed by atoms with Crippen molar-refractivity contribution in [2.45, 2.75) is 25.9 Å². The number of anilines is 2. The lowest BCUT2D eigenvalue weighted by Crippen LogP contribution is -2.49. The van der Waals surface area contributed by atoms with E-state index < -0.39 is 0 Å². The molecular weight excluding hydrogens is 657 g/mol. The van der Waals surface area contributed by atoms with E-state index in [0.717, 1.165) is 36.8 Å². The largest absolute Gasteiger partial charge is 0.493 e. The highest BCUT2D eigenvalue weighted by atomic mass is 35.5. The lowest BCUT2D eigenvalue weighted by Gasteiger charge is -2.35. The first-order valence-electron chi connectivity index (χ1n) is 15.5. The van der Waals surface area contributed by atoms with Crippen molar-refractivity contribution in [2.24, 2.45) is 0 Å². The topological polar surface area (TPSA) is 114 Å². The van der Waals surface area contributed by atoms with E-state index in [4.69, 9.17) is 42.1 Å². The SMILES string of the molecule is COc1cc(NC(C)CC(=O)N2CCN(Cc3ccc4c(c3)OCO4)CC2)ccc1Oc1ccc(NC(=O)c2ccc(Cl)c(Cl)c2)cn1. The minimum absolute atomic E-state index is 0.103. The molecule has 2 aliphatic heterocycles. The fraction of sp³-hybridized carbons (Fsp3) is 0.286. The summed E-state index contributed by atoms with van der Waals surface area (Å²) in [6, 6.07) is 19.4. The molecule has 1 aromatic heterocycles. The Labute approximate surface area is 288 Å². The highest BCUT2D eigenvalue weighted by Crippen LogP contribution is 2.35. The molecule has 11 nitrogen and oxygen atoms in total. The number of halogens is 2. The molecular formula is C35H35Cl2N5O6. The third-order valence-corrected chi connectivity index (χ3v) is 8.76. The second-order valence-electron chi connectivity index (χ2n) is 11.5. The van der Waals surface area contributed by atoms with Crippen LogP contribution in [0.3, 0.4) is 0 Å². The van der Waals surface area contributed by atoms with Gasteiger partial charge < -0.3 is 34.5 Å². The summed E-state index contributed by atoms with van der Waals surface area (Å²) in [4.78, 5) is 34.2. The summed E-state index contributed by atoms with van der Waals surface area (Å²) < 4.78 is 22.4. The summed E-state index contributed by atoms with van der Waals surface area (Å²) in [6.07, 6.45) is 1.85. The van der Waals surface area contributed by atoms with Crippen LogP contribution < -0.4 is 29.6 Å². The van der Waals surface area contributed by atoms with Gasteiger partial charge in [0.25, 0.3) is 5.91 Å². The summed E-state index contributed by atoms with van der Waals surface area (Å²) in [7, 11) is 1.56. The number of ether oxygens (including phenoxy) is 4. The Morgan fingerprint density at radius 2 is 1.69 bits per heavy atom. The van der Waals surface area contributed by atoms with E-state index in [1.54, 1.807) is 37.4 Å². The molecule has 1 unspecified atom stereocenters. The van der Waals surface area contributed by atoms with Gasteiger partial charge in [-0.3, -0.25) is 14.5 Å². The van der Waals surface area contributed by atoms with E-state index in [0.29, 0.717) is 58.2 Å². The molecule has 0 saturated carbocycles. The van der Waals surface area contributed by atoms with Gasteiger partial charge in [-0.25, -0.2) is 4.98 Å². The number of aromatic nitrogens is 1. The van der Waals surface area contributed by atoms with Crippen molar-refractivity contribution in [1.29, 1.82) is 0 Å². The smallest absolute Gasteiger partial charge is 0.255 e. The van der Waals surface area contributed by atoms with Crippen LogP contribution in [0.1, 0.15) is 29.3 Å². The quantitative estimate of drug-likeness (QED) is 0.177. The Hall–Kier alpha value is -4.71. The first kappa shape index (κ1) is 33.2. The van der Waals surface area contributed by atoms with Crippen LogP contribution in [-0.2, 0) is 11.3 Å². The zero-order valence-corrected chi connectivity index (χ0v) is 28.0. The number of piperazine rings is 1. The van der Waals surface area contributed by atoms with Crippen LogP contribution in [0.2, 0.25) is 10.0 Å². The number of fused-ring (bicyclic) bond motifs is 1. The number of nitrogens with zero attached hydrogens (tertiary/aromatic N) is 3. The minimum Gasteiger partial charge on any atom is -0.493 e. The van der Waals surface area contributed by atoms with E-state index in [2.05, 4.69) is 26.6 Å². The molecule has 0 aliphatic carbocycles. The van der Waals surface area contributed by atoms with Gasteiger partial charge in [0.15, 0.2) is 23.0 Å². The third-order valence-electron chi connectivity index (χ3n) is 8.02. The molecule has 48 heavy (non-hydrogen) atoms. The number of pyridine rings is 1. The Balaban J connectivity index is 0.967. The number of carbonyl (C=O) groups is 2.